The fourth-order valence-corrected chi connectivity index (χ4v) is 1.95. The number of carbonyl (C=O) groups excluding carboxylic acids is 1. The van der Waals surface area contributed by atoms with Crippen molar-refractivity contribution in [3.8, 4) is 11.5 Å². The minimum atomic E-state index is -2.96. The summed E-state index contributed by atoms with van der Waals surface area (Å²) in [4.78, 5) is 12.3. The zero-order valence-electron chi connectivity index (χ0n) is 12.8. The van der Waals surface area contributed by atoms with Crippen molar-refractivity contribution in [3.05, 3.63) is 54.1 Å². The average Bonchev–Trinajstić information content (AvgIpc) is 2.48. The van der Waals surface area contributed by atoms with Crippen molar-refractivity contribution in [1.82, 2.24) is 0 Å². The quantitative estimate of drug-likeness (QED) is 0.861. The third-order valence-electron chi connectivity index (χ3n) is 2.82. The van der Waals surface area contributed by atoms with Gasteiger partial charge in [-0.25, -0.2) is 0 Å². The maximum atomic E-state index is 12.4. The van der Waals surface area contributed by atoms with E-state index in [2.05, 4.69) is 10.1 Å². The summed E-state index contributed by atoms with van der Waals surface area (Å²) in [7, 11) is 0. The Morgan fingerprint density at radius 1 is 1.04 bits per heavy atom. The van der Waals surface area contributed by atoms with Gasteiger partial charge in [-0.05, 0) is 44.2 Å². The standard InChI is InChI=1S/C17H17F2NO3/c1-11(2)22-13-7-5-6-12(10-13)16(21)20-14-8-3-4-9-15(14)23-17(18)19/h3-11,17H,1-2H3,(H,20,21). The average molecular weight is 321 g/mol. The van der Waals surface area contributed by atoms with Crippen molar-refractivity contribution in [3.63, 3.8) is 0 Å². The van der Waals surface area contributed by atoms with E-state index in [1.54, 1.807) is 36.4 Å². The van der Waals surface area contributed by atoms with Crippen LogP contribution in [-0.4, -0.2) is 18.6 Å². The summed E-state index contributed by atoms with van der Waals surface area (Å²) in [5.41, 5.74) is 0.531. The molecule has 0 aliphatic rings. The number of amides is 1. The van der Waals surface area contributed by atoms with Gasteiger partial charge in [0.25, 0.3) is 5.91 Å². The third kappa shape index (κ3) is 4.95. The summed E-state index contributed by atoms with van der Waals surface area (Å²) >= 11 is 0. The van der Waals surface area contributed by atoms with E-state index in [4.69, 9.17) is 4.74 Å². The number of ether oxygens (including phenoxy) is 2. The molecule has 0 fully saturated rings. The molecule has 0 bridgehead atoms. The predicted molar refractivity (Wildman–Crippen MR) is 83.2 cm³/mol. The van der Waals surface area contributed by atoms with Crippen molar-refractivity contribution in [2.45, 2.75) is 26.6 Å². The number of halogens is 2. The Morgan fingerprint density at radius 3 is 2.48 bits per heavy atom. The molecule has 4 nitrogen and oxygen atoms in total. The zero-order valence-corrected chi connectivity index (χ0v) is 12.8. The fraction of sp³-hybridized carbons (Fsp3) is 0.235. The minimum absolute atomic E-state index is 0.0199. The van der Waals surface area contributed by atoms with E-state index in [0.29, 0.717) is 11.3 Å². The third-order valence-corrected chi connectivity index (χ3v) is 2.82. The van der Waals surface area contributed by atoms with Crippen LogP contribution in [0.25, 0.3) is 0 Å². The van der Waals surface area contributed by atoms with Crippen molar-refractivity contribution in [1.29, 1.82) is 0 Å². The SMILES string of the molecule is CC(C)Oc1cccc(C(=O)Nc2ccccc2OC(F)F)c1. The van der Waals surface area contributed by atoms with Crippen LogP contribution in [0.5, 0.6) is 11.5 Å². The number of rotatable bonds is 6. The maximum Gasteiger partial charge on any atom is 0.387 e. The molecule has 0 saturated carbocycles. The fourth-order valence-electron chi connectivity index (χ4n) is 1.95. The Kier molecular flexibility index (Phi) is 5.51. The van der Waals surface area contributed by atoms with Gasteiger partial charge in [-0.3, -0.25) is 4.79 Å². The van der Waals surface area contributed by atoms with Gasteiger partial charge in [-0.15, -0.1) is 0 Å². The normalized spacial score (nSPS) is 10.7. The molecule has 0 heterocycles. The summed E-state index contributed by atoms with van der Waals surface area (Å²) in [5.74, 6) is 0.0275. The Morgan fingerprint density at radius 2 is 1.78 bits per heavy atom. The monoisotopic (exact) mass is 321 g/mol. The number of carbonyl (C=O) groups is 1. The van der Waals surface area contributed by atoms with Crippen LogP contribution >= 0.6 is 0 Å². The number of hydrogen-bond donors (Lipinski definition) is 1. The molecule has 0 saturated heterocycles. The summed E-state index contributed by atoms with van der Waals surface area (Å²) in [6.45, 7) is 0.797. The highest BCUT2D eigenvalue weighted by Gasteiger charge is 2.13. The van der Waals surface area contributed by atoms with Crippen LogP contribution in [0.3, 0.4) is 0 Å². The molecule has 0 radical (unpaired) electrons. The molecule has 0 spiro atoms. The van der Waals surface area contributed by atoms with Gasteiger partial charge in [0.2, 0.25) is 0 Å². The first-order valence-electron chi connectivity index (χ1n) is 7.07. The van der Waals surface area contributed by atoms with Crippen LogP contribution in [-0.2, 0) is 0 Å². The van der Waals surface area contributed by atoms with Crippen LogP contribution in [0.4, 0.5) is 14.5 Å². The molecule has 2 aromatic carbocycles. The van der Waals surface area contributed by atoms with E-state index >= 15 is 0 Å². The van der Waals surface area contributed by atoms with E-state index < -0.39 is 12.5 Å². The Labute approximate surface area is 133 Å². The maximum absolute atomic E-state index is 12.4. The first-order valence-corrected chi connectivity index (χ1v) is 7.07. The van der Waals surface area contributed by atoms with Gasteiger partial charge >= 0.3 is 6.61 Å². The molecular formula is C17H17F2NO3. The van der Waals surface area contributed by atoms with Crippen molar-refractivity contribution < 1.29 is 23.0 Å². The molecule has 0 aromatic heterocycles. The smallest absolute Gasteiger partial charge is 0.387 e. The largest absolute Gasteiger partial charge is 0.491 e. The van der Waals surface area contributed by atoms with Crippen molar-refractivity contribution in [2.75, 3.05) is 5.32 Å². The molecule has 0 aliphatic carbocycles. The van der Waals surface area contributed by atoms with Gasteiger partial charge in [-0.1, -0.05) is 18.2 Å². The van der Waals surface area contributed by atoms with Crippen LogP contribution in [0.2, 0.25) is 0 Å². The summed E-state index contributed by atoms with van der Waals surface area (Å²) in [6, 6.07) is 12.6. The lowest BCUT2D eigenvalue weighted by atomic mass is 10.2. The lowest BCUT2D eigenvalue weighted by molar-refractivity contribution is -0.0493. The van der Waals surface area contributed by atoms with Crippen LogP contribution in [0, 0.1) is 0 Å². The number of benzene rings is 2. The lowest BCUT2D eigenvalue weighted by Gasteiger charge is -2.13. The van der Waals surface area contributed by atoms with Crippen molar-refractivity contribution in [2.24, 2.45) is 0 Å². The highest BCUT2D eigenvalue weighted by Crippen LogP contribution is 2.26. The molecule has 122 valence electrons. The van der Waals surface area contributed by atoms with Gasteiger partial charge in [0.05, 0.1) is 11.8 Å². The number of nitrogens with one attached hydrogen (secondary N) is 1. The topological polar surface area (TPSA) is 47.6 Å². The van der Waals surface area contributed by atoms with Gasteiger partial charge in [0, 0.05) is 5.56 Å². The highest BCUT2D eigenvalue weighted by molar-refractivity contribution is 6.05. The van der Waals surface area contributed by atoms with Crippen LogP contribution in [0.1, 0.15) is 24.2 Å². The Bertz CT molecular complexity index is 674. The molecule has 2 aromatic rings. The number of hydrogen-bond acceptors (Lipinski definition) is 3. The molecule has 2 rings (SSSR count). The van der Waals surface area contributed by atoms with E-state index in [0.717, 1.165) is 0 Å². The molecule has 6 heteroatoms. The summed E-state index contributed by atoms with van der Waals surface area (Å²) in [5, 5.41) is 2.56. The van der Waals surface area contributed by atoms with Crippen LogP contribution in [0.15, 0.2) is 48.5 Å². The second-order valence-electron chi connectivity index (χ2n) is 5.02. The summed E-state index contributed by atoms with van der Waals surface area (Å²) in [6.07, 6.45) is -0.0199. The van der Waals surface area contributed by atoms with Gasteiger partial charge in [0.15, 0.2) is 0 Å². The number of para-hydroxylation sites is 2. The number of anilines is 1. The van der Waals surface area contributed by atoms with Gasteiger partial charge < -0.3 is 14.8 Å². The van der Waals surface area contributed by atoms with Crippen LogP contribution < -0.4 is 14.8 Å². The first-order chi connectivity index (χ1) is 11.0. The Hall–Kier alpha value is -2.63. The second-order valence-corrected chi connectivity index (χ2v) is 5.02. The lowest BCUT2D eigenvalue weighted by Crippen LogP contribution is -2.14. The predicted octanol–water partition coefficient (Wildman–Crippen LogP) is 4.33. The van der Waals surface area contributed by atoms with E-state index in [-0.39, 0.29) is 17.5 Å². The molecule has 1 N–H and O–H groups in total. The molecule has 0 unspecified atom stereocenters. The summed E-state index contributed by atoms with van der Waals surface area (Å²) < 4.78 is 34.7. The molecular weight excluding hydrogens is 304 g/mol. The van der Waals surface area contributed by atoms with E-state index in [1.807, 2.05) is 13.8 Å². The van der Waals surface area contributed by atoms with Crippen molar-refractivity contribution >= 4 is 11.6 Å². The molecule has 23 heavy (non-hydrogen) atoms. The molecule has 1 amide bonds. The van der Waals surface area contributed by atoms with Gasteiger partial charge in [-0.2, -0.15) is 8.78 Å². The Balaban J connectivity index is 2.16. The van der Waals surface area contributed by atoms with E-state index in [1.165, 1.54) is 12.1 Å². The number of alkyl halides is 2. The zero-order chi connectivity index (χ0) is 16.8. The highest BCUT2D eigenvalue weighted by atomic mass is 19.3. The van der Waals surface area contributed by atoms with E-state index in [9.17, 15) is 13.6 Å². The minimum Gasteiger partial charge on any atom is -0.491 e. The van der Waals surface area contributed by atoms with Gasteiger partial charge in [0.1, 0.15) is 11.5 Å². The molecule has 0 aliphatic heterocycles. The molecule has 0 atom stereocenters. The first kappa shape index (κ1) is 16.7. The second kappa shape index (κ2) is 7.58.